The molecule has 5 heteroatoms. The molecule has 0 aromatic heterocycles. The molecule has 0 saturated heterocycles. The third-order valence-corrected chi connectivity index (χ3v) is 1.62. The van der Waals surface area contributed by atoms with Gasteiger partial charge in [0.15, 0.2) is 0 Å². The van der Waals surface area contributed by atoms with E-state index in [0.717, 1.165) is 0 Å². The standard InChI is InChI=1S/C5H14NO3P/c1-4(2)5(6)3-9-10(7)8/h4-5,7-8H,3,6H2,1-2H3/t5-/m1/s1. The third kappa shape index (κ3) is 5.09. The van der Waals surface area contributed by atoms with Crippen molar-refractivity contribution in [3.8, 4) is 0 Å². The Bertz CT molecular complexity index is 89.0. The SMILES string of the molecule is CC(C)[C@H](N)COP(O)O. The molecule has 4 N–H and O–H groups in total. The fraction of sp³-hybridized carbons (Fsp3) is 1.00. The number of nitrogens with two attached hydrogens (primary N) is 1. The first-order valence-corrected chi connectivity index (χ1v) is 4.27. The van der Waals surface area contributed by atoms with E-state index >= 15 is 0 Å². The lowest BCUT2D eigenvalue weighted by Crippen LogP contribution is -2.30. The Balaban J connectivity index is 3.30. The minimum Gasteiger partial charge on any atom is -0.328 e. The average molecular weight is 167 g/mol. The minimum atomic E-state index is -2.24. The van der Waals surface area contributed by atoms with Crippen molar-refractivity contribution in [1.29, 1.82) is 0 Å². The van der Waals surface area contributed by atoms with E-state index in [9.17, 15) is 0 Å². The van der Waals surface area contributed by atoms with Gasteiger partial charge in [0.25, 0.3) is 0 Å². The lowest BCUT2D eigenvalue weighted by molar-refractivity contribution is 0.220. The van der Waals surface area contributed by atoms with Crippen LogP contribution < -0.4 is 5.73 Å². The van der Waals surface area contributed by atoms with Crippen LogP contribution in [0.2, 0.25) is 0 Å². The molecule has 4 nitrogen and oxygen atoms in total. The Labute approximate surface area is 62.0 Å². The molecule has 0 radical (unpaired) electrons. The summed E-state index contributed by atoms with van der Waals surface area (Å²) >= 11 is 0. The van der Waals surface area contributed by atoms with Gasteiger partial charge in [0.05, 0.1) is 6.61 Å². The summed E-state index contributed by atoms with van der Waals surface area (Å²) in [5.74, 6) is 0.301. The molecular weight excluding hydrogens is 153 g/mol. The van der Waals surface area contributed by atoms with Crippen LogP contribution in [0, 0.1) is 5.92 Å². The van der Waals surface area contributed by atoms with E-state index in [4.69, 9.17) is 15.5 Å². The van der Waals surface area contributed by atoms with Crippen molar-refractivity contribution in [3.63, 3.8) is 0 Å². The fourth-order valence-corrected chi connectivity index (χ4v) is 0.651. The molecule has 0 saturated carbocycles. The maximum Gasteiger partial charge on any atom is 0.327 e. The summed E-state index contributed by atoms with van der Waals surface area (Å²) in [6, 6.07) is -0.121. The highest BCUT2D eigenvalue weighted by atomic mass is 31.2. The summed E-state index contributed by atoms with van der Waals surface area (Å²) in [5, 5.41) is 0. The smallest absolute Gasteiger partial charge is 0.327 e. The van der Waals surface area contributed by atoms with Gasteiger partial charge < -0.3 is 20.0 Å². The lowest BCUT2D eigenvalue weighted by Gasteiger charge is -2.14. The van der Waals surface area contributed by atoms with Crippen LogP contribution in [0.5, 0.6) is 0 Å². The Morgan fingerprint density at radius 2 is 2.00 bits per heavy atom. The fourth-order valence-electron chi connectivity index (χ4n) is 0.345. The summed E-state index contributed by atoms with van der Waals surface area (Å²) in [6.45, 7) is 4.10. The quantitative estimate of drug-likeness (QED) is 0.523. The molecule has 0 spiro atoms. The van der Waals surface area contributed by atoms with Gasteiger partial charge in [0.1, 0.15) is 0 Å². The maximum absolute atomic E-state index is 8.33. The van der Waals surface area contributed by atoms with Gasteiger partial charge in [-0.2, -0.15) is 0 Å². The minimum absolute atomic E-state index is 0.121. The maximum atomic E-state index is 8.33. The Morgan fingerprint density at radius 1 is 1.50 bits per heavy atom. The predicted molar refractivity (Wildman–Crippen MR) is 40.1 cm³/mol. The second-order valence-corrected chi connectivity index (χ2v) is 3.22. The Kier molecular flexibility index (Phi) is 5.13. The van der Waals surface area contributed by atoms with Crippen molar-refractivity contribution in [1.82, 2.24) is 0 Å². The molecule has 0 heterocycles. The Hall–Kier alpha value is 0.270. The van der Waals surface area contributed by atoms with Crippen molar-refractivity contribution in [3.05, 3.63) is 0 Å². The molecule has 0 aromatic carbocycles. The zero-order valence-electron chi connectivity index (χ0n) is 6.19. The first-order valence-electron chi connectivity index (χ1n) is 3.10. The highest BCUT2D eigenvalue weighted by Gasteiger charge is 2.09. The second-order valence-electron chi connectivity index (χ2n) is 2.46. The van der Waals surface area contributed by atoms with E-state index in [2.05, 4.69) is 4.52 Å². The van der Waals surface area contributed by atoms with E-state index in [1.807, 2.05) is 13.8 Å². The van der Waals surface area contributed by atoms with Crippen molar-refractivity contribution in [2.45, 2.75) is 19.9 Å². The first-order chi connectivity index (χ1) is 4.54. The Morgan fingerprint density at radius 3 is 2.30 bits per heavy atom. The van der Waals surface area contributed by atoms with Gasteiger partial charge in [-0.3, -0.25) is 0 Å². The van der Waals surface area contributed by atoms with Gasteiger partial charge in [0.2, 0.25) is 0 Å². The molecule has 0 aliphatic rings. The molecule has 0 fully saturated rings. The summed E-state index contributed by atoms with van der Waals surface area (Å²) in [7, 11) is -2.24. The molecule has 0 amide bonds. The van der Waals surface area contributed by atoms with Gasteiger partial charge in [0, 0.05) is 6.04 Å². The van der Waals surface area contributed by atoms with Crippen LogP contribution in [0.25, 0.3) is 0 Å². The van der Waals surface area contributed by atoms with Crippen molar-refractivity contribution >= 4 is 8.60 Å². The van der Waals surface area contributed by atoms with Crippen molar-refractivity contribution in [2.24, 2.45) is 11.7 Å². The van der Waals surface area contributed by atoms with Gasteiger partial charge >= 0.3 is 8.60 Å². The third-order valence-electron chi connectivity index (χ3n) is 1.24. The normalized spacial score (nSPS) is 14.7. The molecule has 0 aromatic rings. The molecule has 0 rings (SSSR count). The predicted octanol–water partition coefficient (Wildman–Crippen LogP) is 0.198. The van der Waals surface area contributed by atoms with Crippen LogP contribution in [0.4, 0.5) is 0 Å². The molecule has 0 aliphatic carbocycles. The molecule has 62 valence electrons. The molecule has 0 unspecified atom stereocenters. The summed E-state index contributed by atoms with van der Waals surface area (Å²) in [4.78, 5) is 16.7. The van der Waals surface area contributed by atoms with Crippen LogP contribution >= 0.6 is 8.60 Å². The van der Waals surface area contributed by atoms with E-state index in [1.54, 1.807) is 0 Å². The molecule has 10 heavy (non-hydrogen) atoms. The van der Waals surface area contributed by atoms with Crippen LogP contribution in [0.15, 0.2) is 0 Å². The first kappa shape index (κ1) is 10.3. The summed E-state index contributed by atoms with van der Waals surface area (Å²) in [5.41, 5.74) is 5.53. The summed E-state index contributed by atoms with van der Waals surface area (Å²) < 4.78 is 4.52. The second kappa shape index (κ2) is 4.99. The molecule has 1 atom stereocenters. The van der Waals surface area contributed by atoms with Gasteiger partial charge in [-0.1, -0.05) is 13.8 Å². The monoisotopic (exact) mass is 167 g/mol. The zero-order chi connectivity index (χ0) is 8.15. The topological polar surface area (TPSA) is 75.7 Å². The van der Waals surface area contributed by atoms with Crippen LogP contribution in [-0.4, -0.2) is 22.4 Å². The van der Waals surface area contributed by atoms with E-state index in [-0.39, 0.29) is 12.6 Å². The lowest BCUT2D eigenvalue weighted by atomic mass is 10.1. The van der Waals surface area contributed by atoms with E-state index in [1.165, 1.54) is 0 Å². The van der Waals surface area contributed by atoms with E-state index in [0.29, 0.717) is 5.92 Å². The van der Waals surface area contributed by atoms with Crippen LogP contribution in [0.3, 0.4) is 0 Å². The van der Waals surface area contributed by atoms with Crippen molar-refractivity contribution in [2.75, 3.05) is 6.61 Å². The highest BCUT2D eigenvalue weighted by molar-refractivity contribution is 7.39. The largest absolute Gasteiger partial charge is 0.328 e. The van der Waals surface area contributed by atoms with Crippen LogP contribution in [-0.2, 0) is 4.52 Å². The average Bonchev–Trinajstić information content (AvgIpc) is 1.82. The highest BCUT2D eigenvalue weighted by Crippen LogP contribution is 2.24. The summed E-state index contributed by atoms with van der Waals surface area (Å²) in [6.07, 6.45) is 0. The zero-order valence-corrected chi connectivity index (χ0v) is 7.08. The van der Waals surface area contributed by atoms with Crippen LogP contribution in [0.1, 0.15) is 13.8 Å². The van der Waals surface area contributed by atoms with Crippen molar-refractivity contribution < 1.29 is 14.3 Å². The molecular formula is C5H14NO3P. The van der Waals surface area contributed by atoms with Gasteiger partial charge in [-0.25, -0.2) is 0 Å². The molecule has 0 bridgehead atoms. The number of rotatable bonds is 4. The number of hydrogen-bond donors (Lipinski definition) is 3. The number of hydrogen-bond acceptors (Lipinski definition) is 4. The molecule has 0 aliphatic heterocycles. The van der Waals surface area contributed by atoms with Gasteiger partial charge in [-0.15, -0.1) is 0 Å². The van der Waals surface area contributed by atoms with Gasteiger partial charge in [-0.05, 0) is 5.92 Å². The van der Waals surface area contributed by atoms with E-state index < -0.39 is 8.60 Å².